The number of aromatic nitrogens is 2. The molecule has 108 valence electrons. The van der Waals surface area contributed by atoms with Gasteiger partial charge in [0.15, 0.2) is 0 Å². The number of carboxylic acid groups (broad SMARTS) is 1. The molecule has 0 aliphatic heterocycles. The maximum atomic E-state index is 12.0. The van der Waals surface area contributed by atoms with Crippen molar-refractivity contribution in [2.75, 3.05) is 0 Å². The Morgan fingerprint density at radius 1 is 1.45 bits per heavy atom. The topological polar surface area (TPSA) is 112 Å². The third-order valence-electron chi connectivity index (χ3n) is 3.91. The molecule has 2 atom stereocenters. The molecule has 2 unspecified atom stereocenters. The van der Waals surface area contributed by atoms with Crippen LogP contribution in [0.25, 0.3) is 0 Å². The van der Waals surface area contributed by atoms with E-state index in [4.69, 9.17) is 0 Å². The molecule has 2 rings (SSSR count). The fraction of sp³-hybridized carbons (Fsp3) is 0.538. The summed E-state index contributed by atoms with van der Waals surface area (Å²) < 4.78 is 0. The number of amides is 1. The van der Waals surface area contributed by atoms with Gasteiger partial charge in [-0.15, -0.1) is 0 Å². The molecule has 1 heterocycles. The summed E-state index contributed by atoms with van der Waals surface area (Å²) in [6.45, 7) is 1.65. The highest BCUT2D eigenvalue weighted by atomic mass is 16.4. The number of H-pyrrole nitrogens is 1. The number of aromatic amines is 1. The van der Waals surface area contributed by atoms with E-state index in [1.165, 1.54) is 12.1 Å². The first-order chi connectivity index (χ1) is 9.43. The Morgan fingerprint density at radius 2 is 2.20 bits per heavy atom. The molecule has 0 bridgehead atoms. The Balaban J connectivity index is 2.15. The van der Waals surface area contributed by atoms with Crippen LogP contribution in [0.3, 0.4) is 0 Å². The van der Waals surface area contributed by atoms with Crippen molar-refractivity contribution in [2.24, 2.45) is 5.41 Å². The average Bonchev–Trinajstić information content (AvgIpc) is 2.42. The molecule has 0 spiro atoms. The summed E-state index contributed by atoms with van der Waals surface area (Å²) in [4.78, 5) is 34.4. The SMILES string of the molecule is CC1(C(=O)O)CCCCC1NC(=O)c1ccc(=O)[nH]n1. The van der Waals surface area contributed by atoms with E-state index in [0.29, 0.717) is 12.8 Å². The van der Waals surface area contributed by atoms with Crippen LogP contribution in [0.5, 0.6) is 0 Å². The minimum Gasteiger partial charge on any atom is -0.481 e. The first kappa shape index (κ1) is 14.2. The number of nitrogens with zero attached hydrogens (tertiary/aromatic N) is 1. The Hall–Kier alpha value is -2.18. The highest BCUT2D eigenvalue weighted by Crippen LogP contribution is 2.36. The molecule has 1 aliphatic rings. The molecule has 0 radical (unpaired) electrons. The van der Waals surface area contributed by atoms with Gasteiger partial charge in [-0.1, -0.05) is 12.8 Å². The molecule has 20 heavy (non-hydrogen) atoms. The van der Waals surface area contributed by atoms with E-state index in [0.717, 1.165) is 12.8 Å². The zero-order chi connectivity index (χ0) is 14.8. The third kappa shape index (κ3) is 2.71. The largest absolute Gasteiger partial charge is 0.481 e. The van der Waals surface area contributed by atoms with Gasteiger partial charge >= 0.3 is 5.97 Å². The first-order valence-electron chi connectivity index (χ1n) is 6.53. The van der Waals surface area contributed by atoms with Gasteiger partial charge < -0.3 is 10.4 Å². The molecule has 1 aromatic rings. The zero-order valence-corrected chi connectivity index (χ0v) is 11.2. The van der Waals surface area contributed by atoms with E-state index in [1.807, 2.05) is 0 Å². The van der Waals surface area contributed by atoms with Crippen molar-refractivity contribution in [1.29, 1.82) is 0 Å². The number of nitrogens with one attached hydrogen (secondary N) is 2. The van der Waals surface area contributed by atoms with E-state index in [9.17, 15) is 19.5 Å². The molecule has 3 N–H and O–H groups in total. The number of hydrogen-bond donors (Lipinski definition) is 3. The highest BCUT2D eigenvalue weighted by Gasteiger charge is 2.44. The lowest BCUT2D eigenvalue weighted by Crippen LogP contribution is -2.52. The molecule has 7 nitrogen and oxygen atoms in total. The second kappa shape index (κ2) is 5.44. The van der Waals surface area contributed by atoms with Crippen LogP contribution in [0.1, 0.15) is 43.1 Å². The zero-order valence-electron chi connectivity index (χ0n) is 11.2. The molecule has 0 saturated heterocycles. The maximum absolute atomic E-state index is 12.0. The van der Waals surface area contributed by atoms with Crippen LogP contribution < -0.4 is 10.9 Å². The third-order valence-corrected chi connectivity index (χ3v) is 3.91. The van der Waals surface area contributed by atoms with E-state index >= 15 is 0 Å². The van der Waals surface area contributed by atoms with Crippen molar-refractivity contribution in [3.63, 3.8) is 0 Å². The molecular weight excluding hydrogens is 262 g/mol. The summed E-state index contributed by atoms with van der Waals surface area (Å²) >= 11 is 0. The highest BCUT2D eigenvalue weighted by molar-refractivity contribution is 5.92. The van der Waals surface area contributed by atoms with Gasteiger partial charge in [0, 0.05) is 12.1 Å². The monoisotopic (exact) mass is 279 g/mol. The van der Waals surface area contributed by atoms with E-state index in [2.05, 4.69) is 15.5 Å². The Kier molecular flexibility index (Phi) is 3.87. The van der Waals surface area contributed by atoms with Crippen molar-refractivity contribution < 1.29 is 14.7 Å². The standard InChI is InChI=1S/C13H17N3O4/c1-13(12(19)20)7-3-2-4-9(13)14-11(18)8-5-6-10(17)16-15-8/h5-6,9H,2-4,7H2,1H3,(H,14,18)(H,16,17)(H,19,20). The van der Waals surface area contributed by atoms with Crippen LogP contribution in [-0.4, -0.2) is 33.2 Å². The van der Waals surface area contributed by atoms with Crippen molar-refractivity contribution in [3.05, 3.63) is 28.2 Å². The summed E-state index contributed by atoms with van der Waals surface area (Å²) in [5.41, 5.74) is -1.28. The lowest BCUT2D eigenvalue weighted by molar-refractivity contribution is -0.151. The van der Waals surface area contributed by atoms with Crippen molar-refractivity contribution in [3.8, 4) is 0 Å². The van der Waals surface area contributed by atoms with Crippen molar-refractivity contribution >= 4 is 11.9 Å². The summed E-state index contributed by atoms with van der Waals surface area (Å²) in [6.07, 6.45) is 2.88. The number of carbonyl (C=O) groups is 2. The minimum atomic E-state index is -0.962. The van der Waals surface area contributed by atoms with Gasteiger partial charge in [-0.05, 0) is 25.8 Å². The molecule has 1 amide bonds. The predicted octanol–water partition coefficient (Wildman–Crippen LogP) is 0.533. The van der Waals surface area contributed by atoms with E-state index < -0.39 is 28.9 Å². The van der Waals surface area contributed by atoms with Gasteiger partial charge in [-0.2, -0.15) is 5.10 Å². The predicted molar refractivity (Wildman–Crippen MR) is 70.3 cm³/mol. The molecule has 1 aromatic heterocycles. The molecule has 1 saturated carbocycles. The molecule has 7 heteroatoms. The van der Waals surface area contributed by atoms with Crippen LogP contribution in [0.2, 0.25) is 0 Å². The lowest BCUT2D eigenvalue weighted by Gasteiger charge is -2.38. The van der Waals surface area contributed by atoms with Crippen molar-refractivity contribution in [1.82, 2.24) is 15.5 Å². The number of rotatable bonds is 3. The normalized spacial score (nSPS) is 25.9. The first-order valence-corrected chi connectivity index (χ1v) is 6.53. The summed E-state index contributed by atoms with van der Waals surface area (Å²) in [5, 5.41) is 17.9. The number of carboxylic acids is 1. The van der Waals surface area contributed by atoms with Gasteiger partial charge in [0.2, 0.25) is 0 Å². The van der Waals surface area contributed by atoms with E-state index in [-0.39, 0.29) is 5.69 Å². The van der Waals surface area contributed by atoms with Crippen LogP contribution in [0, 0.1) is 5.41 Å². The number of carbonyl (C=O) groups excluding carboxylic acids is 1. The molecule has 1 aliphatic carbocycles. The lowest BCUT2D eigenvalue weighted by atomic mass is 9.71. The second-order valence-electron chi connectivity index (χ2n) is 5.30. The van der Waals surface area contributed by atoms with Crippen LogP contribution >= 0.6 is 0 Å². The summed E-state index contributed by atoms with van der Waals surface area (Å²) in [5.74, 6) is -1.38. The fourth-order valence-electron chi connectivity index (χ4n) is 2.52. The summed E-state index contributed by atoms with van der Waals surface area (Å²) in [7, 11) is 0. The average molecular weight is 279 g/mol. The Labute approximate surface area is 115 Å². The van der Waals surface area contributed by atoms with Crippen molar-refractivity contribution in [2.45, 2.75) is 38.6 Å². The second-order valence-corrected chi connectivity index (χ2v) is 5.30. The van der Waals surface area contributed by atoms with E-state index in [1.54, 1.807) is 6.92 Å². The van der Waals surface area contributed by atoms with Gasteiger partial charge in [0.25, 0.3) is 11.5 Å². The van der Waals surface area contributed by atoms with Crippen LogP contribution in [0.15, 0.2) is 16.9 Å². The number of aliphatic carboxylic acids is 1. The Bertz CT molecular complexity index is 563. The maximum Gasteiger partial charge on any atom is 0.311 e. The minimum absolute atomic E-state index is 0.0721. The summed E-state index contributed by atoms with van der Waals surface area (Å²) in [6, 6.07) is 2.09. The Morgan fingerprint density at radius 3 is 2.80 bits per heavy atom. The fourth-order valence-corrected chi connectivity index (χ4v) is 2.52. The van der Waals surface area contributed by atoms with Crippen LogP contribution in [-0.2, 0) is 4.79 Å². The molecule has 0 aromatic carbocycles. The molecule has 1 fully saturated rings. The van der Waals surface area contributed by atoms with Gasteiger partial charge in [-0.25, -0.2) is 5.10 Å². The quantitative estimate of drug-likeness (QED) is 0.747. The smallest absolute Gasteiger partial charge is 0.311 e. The number of hydrogen-bond acceptors (Lipinski definition) is 4. The molecular formula is C13H17N3O4. The van der Waals surface area contributed by atoms with Gasteiger partial charge in [0.05, 0.1) is 5.41 Å². The van der Waals surface area contributed by atoms with Gasteiger partial charge in [0.1, 0.15) is 5.69 Å². The van der Waals surface area contributed by atoms with Crippen LogP contribution in [0.4, 0.5) is 0 Å². The van der Waals surface area contributed by atoms with Gasteiger partial charge in [-0.3, -0.25) is 14.4 Å².